The second-order valence-electron chi connectivity index (χ2n) is 4.40. The quantitative estimate of drug-likeness (QED) is 0.855. The highest BCUT2D eigenvalue weighted by Crippen LogP contribution is 2.28. The molecule has 18 heavy (non-hydrogen) atoms. The molecule has 2 N–H and O–H groups in total. The Morgan fingerprint density at radius 3 is 3.33 bits per heavy atom. The Balaban J connectivity index is 1.76. The topological polar surface area (TPSA) is 52.5 Å². The summed E-state index contributed by atoms with van der Waals surface area (Å²) >= 11 is 3.48. The van der Waals surface area contributed by atoms with Crippen LogP contribution in [0.1, 0.15) is 18.5 Å². The van der Waals surface area contributed by atoms with Crippen molar-refractivity contribution in [2.75, 3.05) is 18.9 Å². The summed E-state index contributed by atoms with van der Waals surface area (Å²) in [5, 5.41) is 3.19. The van der Waals surface area contributed by atoms with Gasteiger partial charge in [-0.1, -0.05) is 0 Å². The van der Waals surface area contributed by atoms with E-state index in [1.807, 2.05) is 11.8 Å². The predicted molar refractivity (Wildman–Crippen MR) is 75.5 cm³/mol. The molecule has 1 saturated heterocycles. The Hall–Kier alpha value is -0.560. The van der Waals surface area contributed by atoms with Crippen LogP contribution in [-0.4, -0.2) is 34.4 Å². The minimum atomic E-state index is 0.403. The number of thioether (sulfide) groups is 1. The van der Waals surface area contributed by atoms with Crippen LogP contribution in [0.25, 0.3) is 4.96 Å². The molecule has 1 fully saturated rings. The number of imidazole rings is 1. The first-order chi connectivity index (χ1) is 8.88. The van der Waals surface area contributed by atoms with E-state index in [0.717, 1.165) is 28.8 Å². The van der Waals surface area contributed by atoms with Crippen molar-refractivity contribution in [2.24, 2.45) is 5.73 Å². The Labute approximate surface area is 115 Å². The fraction of sp³-hybridized carbons (Fsp3) is 0.583. The van der Waals surface area contributed by atoms with E-state index in [2.05, 4.69) is 21.0 Å². The van der Waals surface area contributed by atoms with E-state index in [1.54, 1.807) is 11.3 Å². The summed E-state index contributed by atoms with van der Waals surface area (Å²) in [4.78, 5) is 5.75. The Morgan fingerprint density at radius 2 is 2.56 bits per heavy atom. The average molecular weight is 283 g/mol. The zero-order valence-corrected chi connectivity index (χ0v) is 11.8. The number of nitrogens with two attached hydrogens (primary N) is 1. The van der Waals surface area contributed by atoms with Crippen LogP contribution in [-0.2, 0) is 11.2 Å². The number of nitrogens with zero attached hydrogens (tertiary/aromatic N) is 2. The SMILES string of the molecule is NCCc1c(SCC2CCCO2)nc2sccn12. The van der Waals surface area contributed by atoms with Crippen molar-refractivity contribution in [3.63, 3.8) is 0 Å². The number of fused-ring (bicyclic) bond motifs is 1. The summed E-state index contributed by atoms with van der Waals surface area (Å²) in [6.45, 7) is 1.58. The number of rotatable bonds is 5. The molecule has 0 radical (unpaired) electrons. The van der Waals surface area contributed by atoms with Gasteiger partial charge in [0.05, 0.1) is 11.8 Å². The Bertz CT molecular complexity index is 516. The fourth-order valence-electron chi connectivity index (χ4n) is 2.24. The lowest BCUT2D eigenvalue weighted by Gasteiger charge is -2.08. The van der Waals surface area contributed by atoms with Crippen LogP contribution < -0.4 is 5.73 Å². The van der Waals surface area contributed by atoms with Gasteiger partial charge < -0.3 is 10.5 Å². The zero-order chi connectivity index (χ0) is 12.4. The van der Waals surface area contributed by atoms with Crippen molar-refractivity contribution >= 4 is 28.1 Å². The molecule has 0 saturated carbocycles. The van der Waals surface area contributed by atoms with E-state index in [0.29, 0.717) is 12.6 Å². The van der Waals surface area contributed by atoms with Gasteiger partial charge in [-0.2, -0.15) is 0 Å². The highest BCUT2D eigenvalue weighted by atomic mass is 32.2. The molecule has 98 valence electrons. The van der Waals surface area contributed by atoms with Crippen molar-refractivity contribution in [1.82, 2.24) is 9.38 Å². The van der Waals surface area contributed by atoms with Crippen molar-refractivity contribution in [1.29, 1.82) is 0 Å². The number of thiazole rings is 1. The van der Waals surface area contributed by atoms with Gasteiger partial charge in [0.1, 0.15) is 5.03 Å². The number of aromatic nitrogens is 2. The molecule has 0 aliphatic carbocycles. The van der Waals surface area contributed by atoms with Crippen molar-refractivity contribution < 1.29 is 4.74 Å². The standard InChI is InChI=1S/C12H17N3OS2/c13-4-3-10-11(14-12-15(10)5-7-17-12)18-8-9-2-1-6-16-9/h5,7,9H,1-4,6,8,13H2. The molecule has 1 unspecified atom stereocenters. The van der Waals surface area contributed by atoms with Crippen LogP contribution in [0.3, 0.4) is 0 Å². The average Bonchev–Trinajstić information content (AvgIpc) is 3.05. The molecule has 3 rings (SSSR count). The summed E-state index contributed by atoms with van der Waals surface area (Å²) in [5.41, 5.74) is 6.94. The summed E-state index contributed by atoms with van der Waals surface area (Å²) in [6, 6.07) is 0. The largest absolute Gasteiger partial charge is 0.377 e. The predicted octanol–water partition coefficient (Wildman–Crippen LogP) is 2.17. The van der Waals surface area contributed by atoms with Gasteiger partial charge in [-0.05, 0) is 19.4 Å². The van der Waals surface area contributed by atoms with Gasteiger partial charge in [0.15, 0.2) is 4.96 Å². The molecule has 1 aliphatic heterocycles. The molecule has 2 aromatic heterocycles. The van der Waals surface area contributed by atoms with Gasteiger partial charge in [0.2, 0.25) is 0 Å². The van der Waals surface area contributed by atoms with Gasteiger partial charge in [-0.15, -0.1) is 23.1 Å². The molecule has 1 aliphatic rings. The minimum Gasteiger partial charge on any atom is -0.377 e. The lowest BCUT2D eigenvalue weighted by atomic mass is 10.3. The van der Waals surface area contributed by atoms with Gasteiger partial charge in [-0.3, -0.25) is 4.40 Å². The third kappa shape index (κ3) is 2.42. The molecule has 0 spiro atoms. The van der Waals surface area contributed by atoms with Crippen LogP contribution in [0, 0.1) is 0 Å². The van der Waals surface area contributed by atoms with Crippen LogP contribution in [0.5, 0.6) is 0 Å². The maximum atomic E-state index is 5.70. The molecule has 1 atom stereocenters. The second-order valence-corrected chi connectivity index (χ2v) is 6.29. The molecule has 0 amide bonds. The van der Waals surface area contributed by atoms with Crippen LogP contribution in [0.15, 0.2) is 16.6 Å². The normalized spacial score (nSPS) is 19.9. The second kappa shape index (κ2) is 5.61. The van der Waals surface area contributed by atoms with E-state index in [1.165, 1.54) is 18.5 Å². The van der Waals surface area contributed by atoms with Gasteiger partial charge in [0, 0.05) is 30.4 Å². The van der Waals surface area contributed by atoms with Crippen LogP contribution >= 0.6 is 23.1 Å². The van der Waals surface area contributed by atoms with Crippen LogP contribution in [0.4, 0.5) is 0 Å². The molecule has 4 nitrogen and oxygen atoms in total. The molecular weight excluding hydrogens is 266 g/mol. The summed E-state index contributed by atoms with van der Waals surface area (Å²) in [6.07, 6.45) is 5.74. The first kappa shape index (κ1) is 12.5. The van der Waals surface area contributed by atoms with Crippen molar-refractivity contribution in [2.45, 2.75) is 30.4 Å². The Kier molecular flexibility index (Phi) is 3.88. The first-order valence-corrected chi connectivity index (χ1v) is 8.14. The number of hydrogen-bond donors (Lipinski definition) is 1. The van der Waals surface area contributed by atoms with Gasteiger partial charge in [0.25, 0.3) is 0 Å². The molecule has 6 heteroatoms. The summed E-state index contributed by atoms with van der Waals surface area (Å²) in [7, 11) is 0. The highest BCUT2D eigenvalue weighted by molar-refractivity contribution is 7.99. The molecule has 0 bridgehead atoms. The van der Waals surface area contributed by atoms with E-state index in [9.17, 15) is 0 Å². The maximum Gasteiger partial charge on any atom is 0.194 e. The zero-order valence-electron chi connectivity index (χ0n) is 10.2. The maximum absolute atomic E-state index is 5.70. The van der Waals surface area contributed by atoms with E-state index in [-0.39, 0.29) is 0 Å². The lowest BCUT2D eigenvalue weighted by molar-refractivity contribution is 0.129. The molecular formula is C12H17N3OS2. The van der Waals surface area contributed by atoms with Crippen LogP contribution in [0.2, 0.25) is 0 Å². The minimum absolute atomic E-state index is 0.403. The third-order valence-corrected chi connectivity index (χ3v) is 5.03. The lowest BCUT2D eigenvalue weighted by Crippen LogP contribution is -2.09. The number of hydrogen-bond acceptors (Lipinski definition) is 5. The summed E-state index contributed by atoms with van der Waals surface area (Å²) in [5.74, 6) is 1.00. The molecule has 0 aromatic carbocycles. The van der Waals surface area contributed by atoms with Gasteiger partial charge in [-0.25, -0.2) is 4.98 Å². The van der Waals surface area contributed by atoms with Gasteiger partial charge >= 0.3 is 0 Å². The highest BCUT2D eigenvalue weighted by Gasteiger charge is 2.18. The van der Waals surface area contributed by atoms with E-state index in [4.69, 9.17) is 10.5 Å². The van der Waals surface area contributed by atoms with E-state index >= 15 is 0 Å². The molecule has 2 aromatic rings. The smallest absolute Gasteiger partial charge is 0.194 e. The monoisotopic (exact) mass is 283 g/mol. The third-order valence-electron chi connectivity index (χ3n) is 3.14. The molecule has 3 heterocycles. The van der Waals surface area contributed by atoms with Crippen molar-refractivity contribution in [3.05, 3.63) is 17.3 Å². The Morgan fingerprint density at radius 1 is 1.61 bits per heavy atom. The van der Waals surface area contributed by atoms with E-state index < -0.39 is 0 Å². The fourth-order valence-corrected chi connectivity index (χ4v) is 4.16. The first-order valence-electron chi connectivity index (χ1n) is 6.27. The number of ether oxygens (including phenoxy) is 1. The van der Waals surface area contributed by atoms with Crippen molar-refractivity contribution in [3.8, 4) is 0 Å². The summed E-state index contributed by atoms with van der Waals surface area (Å²) < 4.78 is 7.81.